The van der Waals surface area contributed by atoms with E-state index in [0.717, 1.165) is 25.0 Å². The molecule has 2 atom stereocenters. The Hall–Kier alpha value is -0.910. The molecule has 0 spiro atoms. The third-order valence-electron chi connectivity index (χ3n) is 4.60. The molecule has 1 aliphatic rings. The van der Waals surface area contributed by atoms with Crippen LogP contribution in [0.3, 0.4) is 0 Å². The molecular weight excluding hydrogens is 350 g/mol. The molecule has 0 bridgehead atoms. The van der Waals surface area contributed by atoms with E-state index >= 15 is 0 Å². The Kier molecular flexibility index (Phi) is 8.93. The lowest BCUT2D eigenvalue weighted by Crippen LogP contribution is -2.41. The zero-order valence-electron chi connectivity index (χ0n) is 15.0. The molecule has 2 rings (SSSR count). The average Bonchev–Trinajstić information content (AvgIpc) is 2.96. The smallest absolute Gasteiger partial charge is 0.230 e. The van der Waals surface area contributed by atoms with Crippen LogP contribution < -0.4 is 0 Å². The lowest BCUT2D eigenvalue weighted by Gasteiger charge is -2.25. The van der Waals surface area contributed by atoms with E-state index in [4.69, 9.17) is 12.2 Å². The third-order valence-corrected chi connectivity index (χ3v) is 6.14. The number of aliphatic hydroxyl groups excluding tert-OH is 1. The highest BCUT2D eigenvalue weighted by Gasteiger charge is 2.34. The minimum absolute atomic E-state index is 0.0306. The van der Waals surface area contributed by atoms with Crippen molar-refractivity contribution in [1.82, 2.24) is 4.90 Å². The predicted molar refractivity (Wildman–Crippen MR) is 110 cm³/mol. The molecular formula is C20H29NO2S2. The van der Waals surface area contributed by atoms with Gasteiger partial charge >= 0.3 is 0 Å². The van der Waals surface area contributed by atoms with Crippen molar-refractivity contribution in [1.29, 1.82) is 0 Å². The van der Waals surface area contributed by atoms with Crippen LogP contribution in [-0.2, 0) is 11.2 Å². The number of carbonyl (C=O) groups is 1. The second-order valence-corrected chi connectivity index (χ2v) is 8.40. The van der Waals surface area contributed by atoms with E-state index in [1.54, 1.807) is 16.7 Å². The van der Waals surface area contributed by atoms with Gasteiger partial charge in [-0.3, -0.25) is 9.69 Å². The highest BCUT2D eigenvalue weighted by atomic mass is 32.2. The molecule has 0 unspecified atom stereocenters. The number of rotatable bonds is 10. The predicted octanol–water partition coefficient (Wildman–Crippen LogP) is 4.57. The van der Waals surface area contributed by atoms with Gasteiger partial charge in [-0.05, 0) is 18.4 Å². The molecule has 5 heteroatoms. The van der Waals surface area contributed by atoms with Gasteiger partial charge in [0.05, 0.1) is 18.6 Å². The standard InChI is InChI=1S/C20H29NO2S2/c1-2-3-4-5-9-12-18(22)14-19(23)21-17(15-25-20(21)24)13-16-10-7-6-8-11-16/h6-8,10-11,17-18,22H,2-5,9,12-15H2,1H3/t17-,18-/m1/s1. The van der Waals surface area contributed by atoms with Gasteiger partial charge < -0.3 is 5.11 Å². The fourth-order valence-corrected chi connectivity index (χ4v) is 4.63. The molecule has 1 aromatic rings. The number of nitrogens with zero attached hydrogens (tertiary/aromatic N) is 1. The van der Waals surface area contributed by atoms with Crippen LogP contribution in [0.25, 0.3) is 0 Å². The fourth-order valence-electron chi connectivity index (χ4n) is 3.19. The number of thioether (sulfide) groups is 1. The first-order valence-electron chi connectivity index (χ1n) is 9.32. The largest absolute Gasteiger partial charge is 0.393 e. The molecule has 0 aromatic heterocycles. The molecule has 1 aromatic carbocycles. The molecule has 1 fully saturated rings. The van der Waals surface area contributed by atoms with E-state index in [0.29, 0.717) is 10.7 Å². The van der Waals surface area contributed by atoms with Crippen LogP contribution in [0.4, 0.5) is 0 Å². The summed E-state index contributed by atoms with van der Waals surface area (Å²) in [5, 5.41) is 10.2. The Bertz CT molecular complexity index is 550. The van der Waals surface area contributed by atoms with Crippen LogP contribution in [0.15, 0.2) is 30.3 Å². The Labute approximate surface area is 161 Å². The zero-order valence-corrected chi connectivity index (χ0v) is 16.7. The maximum atomic E-state index is 12.7. The van der Waals surface area contributed by atoms with Gasteiger partial charge in [0.15, 0.2) is 0 Å². The molecule has 3 nitrogen and oxygen atoms in total. The first kappa shape index (κ1) is 20.4. The lowest BCUT2D eigenvalue weighted by molar-refractivity contribution is -0.130. The van der Waals surface area contributed by atoms with E-state index in [1.807, 2.05) is 18.2 Å². The molecule has 1 N–H and O–H groups in total. The fraction of sp³-hybridized carbons (Fsp3) is 0.600. The van der Waals surface area contributed by atoms with Crippen LogP contribution in [0, 0.1) is 0 Å². The summed E-state index contributed by atoms with van der Waals surface area (Å²) in [6.07, 6.45) is 6.93. The molecule has 1 saturated heterocycles. The number of thiocarbonyl (C=S) groups is 1. The topological polar surface area (TPSA) is 40.5 Å². The van der Waals surface area contributed by atoms with Crippen molar-refractivity contribution in [2.24, 2.45) is 0 Å². The Morgan fingerprint density at radius 3 is 2.72 bits per heavy atom. The first-order chi connectivity index (χ1) is 12.1. The number of hydrogen-bond donors (Lipinski definition) is 1. The van der Waals surface area contributed by atoms with Crippen LogP contribution in [-0.4, -0.2) is 38.1 Å². The molecule has 25 heavy (non-hydrogen) atoms. The third kappa shape index (κ3) is 6.72. The van der Waals surface area contributed by atoms with Gasteiger partial charge in [0.2, 0.25) is 5.91 Å². The monoisotopic (exact) mass is 379 g/mol. The van der Waals surface area contributed by atoms with Crippen molar-refractivity contribution in [2.75, 3.05) is 5.75 Å². The Morgan fingerprint density at radius 2 is 2.00 bits per heavy atom. The number of benzene rings is 1. The quantitative estimate of drug-likeness (QED) is 0.477. The summed E-state index contributed by atoms with van der Waals surface area (Å²) in [5.74, 6) is 0.809. The average molecular weight is 380 g/mol. The molecule has 138 valence electrons. The van der Waals surface area contributed by atoms with Gasteiger partial charge in [-0.1, -0.05) is 93.3 Å². The summed E-state index contributed by atoms with van der Waals surface area (Å²) in [6.45, 7) is 2.19. The first-order valence-corrected chi connectivity index (χ1v) is 10.7. The van der Waals surface area contributed by atoms with E-state index in [1.165, 1.54) is 24.8 Å². The minimum atomic E-state index is -0.556. The Balaban J connectivity index is 1.82. The van der Waals surface area contributed by atoms with Crippen LogP contribution in [0.1, 0.15) is 57.4 Å². The molecule has 1 amide bonds. The van der Waals surface area contributed by atoms with Gasteiger partial charge in [-0.2, -0.15) is 0 Å². The molecule has 0 saturated carbocycles. The van der Waals surface area contributed by atoms with E-state index in [2.05, 4.69) is 19.1 Å². The summed E-state index contributed by atoms with van der Waals surface area (Å²) >= 11 is 6.95. The highest BCUT2D eigenvalue weighted by molar-refractivity contribution is 8.23. The molecule has 1 heterocycles. The number of amides is 1. The van der Waals surface area contributed by atoms with Crippen molar-refractivity contribution in [3.8, 4) is 0 Å². The second kappa shape index (κ2) is 10.9. The van der Waals surface area contributed by atoms with Crippen LogP contribution >= 0.6 is 24.0 Å². The minimum Gasteiger partial charge on any atom is -0.393 e. The van der Waals surface area contributed by atoms with Crippen molar-refractivity contribution < 1.29 is 9.90 Å². The summed E-state index contributed by atoms with van der Waals surface area (Å²) in [4.78, 5) is 14.4. The zero-order chi connectivity index (χ0) is 18.1. The van der Waals surface area contributed by atoms with Crippen LogP contribution in [0.5, 0.6) is 0 Å². The SMILES string of the molecule is CCCCCCC[C@@H](O)CC(=O)N1C(=S)SC[C@H]1Cc1ccccc1. The normalized spacial score (nSPS) is 18.6. The summed E-state index contributed by atoms with van der Waals surface area (Å²) < 4.78 is 0.654. The summed E-state index contributed by atoms with van der Waals surface area (Å²) in [7, 11) is 0. The Morgan fingerprint density at radius 1 is 1.28 bits per heavy atom. The molecule has 0 radical (unpaired) electrons. The maximum absolute atomic E-state index is 12.7. The van der Waals surface area contributed by atoms with Gasteiger partial charge in [0, 0.05) is 5.75 Å². The van der Waals surface area contributed by atoms with Crippen molar-refractivity contribution >= 4 is 34.2 Å². The van der Waals surface area contributed by atoms with E-state index < -0.39 is 6.10 Å². The summed E-state index contributed by atoms with van der Waals surface area (Å²) in [5.41, 5.74) is 1.21. The lowest BCUT2D eigenvalue weighted by atomic mass is 10.0. The number of hydrogen-bond acceptors (Lipinski definition) is 4. The highest BCUT2D eigenvalue weighted by Crippen LogP contribution is 2.28. The second-order valence-electron chi connectivity index (χ2n) is 6.75. The van der Waals surface area contributed by atoms with Crippen molar-refractivity contribution in [3.63, 3.8) is 0 Å². The van der Waals surface area contributed by atoms with Gasteiger partial charge in [0.1, 0.15) is 4.32 Å². The molecule has 0 aliphatic carbocycles. The van der Waals surface area contributed by atoms with Gasteiger partial charge in [-0.25, -0.2) is 0 Å². The number of unbranched alkanes of at least 4 members (excludes halogenated alkanes) is 4. The van der Waals surface area contributed by atoms with Crippen molar-refractivity contribution in [3.05, 3.63) is 35.9 Å². The number of aliphatic hydroxyl groups is 1. The summed E-state index contributed by atoms with van der Waals surface area (Å²) in [6, 6.07) is 10.3. The van der Waals surface area contributed by atoms with E-state index in [-0.39, 0.29) is 18.4 Å². The van der Waals surface area contributed by atoms with E-state index in [9.17, 15) is 9.90 Å². The maximum Gasteiger partial charge on any atom is 0.230 e. The van der Waals surface area contributed by atoms with Crippen LogP contribution in [0.2, 0.25) is 0 Å². The van der Waals surface area contributed by atoms with Crippen molar-refractivity contribution in [2.45, 2.75) is 70.4 Å². The molecule has 1 aliphatic heterocycles. The van der Waals surface area contributed by atoms with Gasteiger partial charge in [0.25, 0.3) is 0 Å². The van der Waals surface area contributed by atoms with Gasteiger partial charge in [-0.15, -0.1) is 0 Å². The number of carbonyl (C=O) groups excluding carboxylic acids is 1.